The van der Waals surface area contributed by atoms with Crippen molar-refractivity contribution in [2.45, 2.75) is 32.9 Å². The van der Waals surface area contributed by atoms with Gasteiger partial charge in [0.25, 0.3) is 5.91 Å². The first-order valence-electron chi connectivity index (χ1n) is 15.2. The van der Waals surface area contributed by atoms with E-state index in [4.69, 9.17) is 11.5 Å². The number of nitrogens with two attached hydrogens (primary N) is 2. The highest BCUT2D eigenvalue weighted by molar-refractivity contribution is 6.49. The standard InChI is InChI=1S/C32H39F3N10O/c1-4-38-26-27(41-31(42-28(26)36)45-10-6-7-11-45)29(37)40-25-16-21(9-8-20(25)3)30(46)39-23-17-22(32(33,34)35)18-24(19-23)44-14-12-43(5-2)13-15-44/h4,8-9,16-19,40H,1,5-7,10-15,37H2,2-3H3,(H,39,46)(H2,36,41,42)/b29-27-,38-26+. The minimum Gasteiger partial charge on any atom is -0.383 e. The number of rotatable bonds is 7. The van der Waals surface area contributed by atoms with E-state index in [1.54, 1.807) is 24.3 Å². The van der Waals surface area contributed by atoms with Crippen LogP contribution in [0.2, 0.25) is 0 Å². The number of hydrogen-bond donors (Lipinski definition) is 4. The van der Waals surface area contributed by atoms with Gasteiger partial charge in [0, 0.05) is 68.1 Å². The van der Waals surface area contributed by atoms with Crippen molar-refractivity contribution in [1.82, 2.24) is 9.80 Å². The summed E-state index contributed by atoms with van der Waals surface area (Å²) in [4.78, 5) is 32.8. The van der Waals surface area contributed by atoms with E-state index in [0.29, 0.717) is 30.4 Å². The molecule has 14 heteroatoms. The minimum absolute atomic E-state index is 0.0514. The molecule has 0 bridgehead atoms. The summed E-state index contributed by atoms with van der Waals surface area (Å²) in [7, 11) is 0. The van der Waals surface area contributed by atoms with Gasteiger partial charge in [-0.15, -0.1) is 0 Å². The second-order valence-corrected chi connectivity index (χ2v) is 11.3. The molecule has 11 nitrogen and oxygen atoms in total. The van der Waals surface area contributed by atoms with Crippen LogP contribution >= 0.6 is 0 Å². The molecule has 46 heavy (non-hydrogen) atoms. The molecule has 2 aromatic rings. The van der Waals surface area contributed by atoms with Gasteiger partial charge in [0.2, 0.25) is 5.96 Å². The van der Waals surface area contributed by atoms with Crippen LogP contribution in [0.1, 0.15) is 41.3 Å². The van der Waals surface area contributed by atoms with Crippen molar-refractivity contribution in [2.75, 3.05) is 61.3 Å². The summed E-state index contributed by atoms with van der Waals surface area (Å²) in [6, 6.07) is 8.55. The van der Waals surface area contributed by atoms with Crippen LogP contribution in [-0.4, -0.2) is 79.0 Å². The number of alkyl halides is 3. The number of nitrogens with one attached hydrogen (secondary N) is 2. The van der Waals surface area contributed by atoms with Gasteiger partial charge >= 0.3 is 6.18 Å². The second-order valence-electron chi connectivity index (χ2n) is 11.3. The Bertz CT molecular complexity index is 1610. The van der Waals surface area contributed by atoms with Crippen molar-refractivity contribution < 1.29 is 18.0 Å². The average Bonchev–Trinajstić information content (AvgIpc) is 3.58. The van der Waals surface area contributed by atoms with E-state index in [0.717, 1.165) is 63.3 Å². The third-order valence-electron chi connectivity index (χ3n) is 8.22. The van der Waals surface area contributed by atoms with Crippen molar-refractivity contribution in [3.8, 4) is 0 Å². The molecule has 3 aliphatic heterocycles. The number of amides is 1. The number of aliphatic imine (C=N–C) groups is 3. The number of halogens is 3. The fraction of sp³-hybridized carbons (Fsp3) is 0.375. The van der Waals surface area contributed by atoms with Gasteiger partial charge in [-0.05, 0) is 62.2 Å². The predicted molar refractivity (Wildman–Crippen MR) is 177 cm³/mol. The van der Waals surface area contributed by atoms with Crippen LogP contribution < -0.4 is 27.0 Å². The maximum absolute atomic E-state index is 13.9. The third-order valence-corrected chi connectivity index (χ3v) is 8.22. The summed E-state index contributed by atoms with van der Waals surface area (Å²) < 4.78 is 41.6. The van der Waals surface area contributed by atoms with Gasteiger partial charge in [-0.25, -0.2) is 4.99 Å². The molecule has 0 saturated carbocycles. The van der Waals surface area contributed by atoms with Gasteiger partial charge in [-0.3, -0.25) is 9.79 Å². The number of likely N-dealkylation sites (tertiary alicyclic amines) is 1. The molecule has 3 aliphatic rings. The Morgan fingerprint density at radius 2 is 1.74 bits per heavy atom. The van der Waals surface area contributed by atoms with E-state index in [2.05, 4.69) is 44.0 Å². The zero-order chi connectivity index (χ0) is 33.0. The number of nitrogens with zero attached hydrogens (tertiary/aromatic N) is 6. The number of hydrogen-bond acceptors (Lipinski definition) is 10. The smallest absolute Gasteiger partial charge is 0.383 e. The van der Waals surface area contributed by atoms with Crippen LogP contribution in [-0.2, 0) is 6.18 Å². The van der Waals surface area contributed by atoms with Crippen molar-refractivity contribution in [3.05, 3.63) is 77.4 Å². The largest absolute Gasteiger partial charge is 0.416 e. The van der Waals surface area contributed by atoms with Gasteiger partial charge in [0.05, 0.1) is 5.56 Å². The summed E-state index contributed by atoms with van der Waals surface area (Å²) in [6.07, 6.45) is -1.23. The lowest BCUT2D eigenvalue weighted by atomic mass is 10.1. The quantitative estimate of drug-likeness (QED) is 0.354. The van der Waals surface area contributed by atoms with Crippen LogP contribution in [0.15, 0.2) is 75.7 Å². The molecule has 0 unspecified atom stereocenters. The molecular formula is C32H39F3N10O. The molecule has 3 heterocycles. The SMILES string of the molecule is C=C/N=C1/C(N)=NC(N2CCCC2)=N/C1=C(/N)Nc1cc(C(=O)Nc2cc(N3CCN(CC)CC3)cc(C(F)(F)F)c2)ccc1C. The van der Waals surface area contributed by atoms with Crippen molar-refractivity contribution >= 4 is 40.5 Å². The summed E-state index contributed by atoms with van der Waals surface area (Å²) in [5, 5.41) is 5.78. The van der Waals surface area contributed by atoms with Crippen molar-refractivity contribution in [1.29, 1.82) is 0 Å². The first-order valence-corrected chi connectivity index (χ1v) is 15.2. The molecule has 0 aromatic heterocycles. The molecule has 5 rings (SSSR count). The maximum atomic E-state index is 13.9. The topological polar surface area (TPSA) is 140 Å². The fourth-order valence-electron chi connectivity index (χ4n) is 5.58. The molecule has 0 aliphatic carbocycles. The van der Waals surface area contributed by atoms with Gasteiger partial charge in [0.1, 0.15) is 17.2 Å². The number of likely N-dealkylation sites (N-methyl/N-ethyl adjacent to an activating group) is 1. The van der Waals surface area contributed by atoms with Crippen LogP contribution in [0.25, 0.3) is 0 Å². The summed E-state index contributed by atoms with van der Waals surface area (Å²) >= 11 is 0. The van der Waals surface area contributed by atoms with E-state index in [-0.39, 0.29) is 34.3 Å². The lowest BCUT2D eigenvalue weighted by Gasteiger charge is -2.36. The number of amidine groups is 1. The lowest BCUT2D eigenvalue weighted by molar-refractivity contribution is -0.137. The van der Waals surface area contributed by atoms with Crippen molar-refractivity contribution in [3.63, 3.8) is 0 Å². The van der Waals surface area contributed by atoms with Crippen LogP contribution in [0.4, 0.5) is 30.2 Å². The third kappa shape index (κ3) is 7.33. The normalized spacial score (nSPS) is 19.5. The number of carbonyl (C=O) groups excluding carboxylic acids is 1. The molecule has 1 amide bonds. The van der Waals surface area contributed by atoms with E-state index in [9.17, 15) is 18.0 Å². The van der Waals surface area contributed by atoms with Crippen molar-refractivity contribution in [2.24, 2.45) is 26.4 Å². The Hall–Kier alpha value is -4.85. The number of benzene rings is 2. The number of aryl methyl sites for hydroxylation is 1. The number of carbonyl (C=O) groups is 1. The first-order chi connectivity index (χ1) is 22.0. The summed E-state index contributed by atoms with van der Waals surface area (Å²) in [6.45, 7) is 12.7. The van der Waals surface area contributed by atoms with Gasteiger partial charge in [-0.2, -0.15) is 18.2 Å². The molecule has 2 saturated heterocycles. The van der Waals surface area contributed by atoms with E-state index in [1.165, 1.54) is 6.20 Å². The van der Waals surface area contributed by atoms with Gasteiger partial charge in [0.15, 0.2) is 5.84 Å². The zero-order valence-electron chi connectivity index (χ0n) is 26.0. The van der Waals surface area contributed by atoms with E-state index >= 15 is 0 Å². The Morgan fingerprint density at radius 1 is 1.02 bits per heavy atom. The molecule has 2 fully saturated rings. The average molecular weight is 637 g/mol. The number of piperazine rings is 1. The minimum atomic E-state index is -4.58. The monoisotopic (exact) mass is 636 g/mol. The Morgan fingerprint density at radius 3 is 2.39 bits per heavy atom. The molecule has 0 spiro atoms. The van der Waals surface area contributed by atoms with Crippen LogP contribution in [0, 0.1) is 6.92 Å². The Balaban J connectivity index is 1.41. The second kappa shape index (κ2) is 13.6. The van der Waals surface area contributed by atoms with E-state index < -0.39 is 17.6 Å². The first kappa shape index (κ1) is 32.5. The Labute approximate surface area is 266 Å². The molecular weight excluding hydrogens is 597 g/mol. The number of anilines is 3. The van der Waals surface area contributed by atoms with Gasteiger partial charge < -0.3 is 36.8 Å². The summed E-state index contributed by atoms with van der Waals surface area (Å²) in [5.74, 6) is 0.138. The zero-order valence-corrected chi connectivity index (χ0v) is 26.0. The Kier molecular flexibility index (Phi) is 9.65. The molecule has 0 atom stereocenters. The number of guanidine groups is 1. The van der Waals surface area contributed by atoms with Crippen LogP contribution in [0.5, 0.6) is 0 Å². The molecule has 2 aromatic carbocycles. The summed E-state index contributed by atoms with van der Waals surface area (Å²) in [5.41, 5.74) is 14.4. The maximum Gasteiger partial charge on any atom is 0.416 e. The molecule has 0 radical (unpaired) electrons. The van der Waals surface area contributed by atoms with E-state index in [1.807, 2.05) is 16.7 Å². The van der Waals surface area contributed by atoms with Crippen LogP contribution in [0.3, 0.4) is 0 Å². The highest BCUT2D eigenvalue weighted by Crippen LogP contribution is 2.35. The highest BCUT2D eigenvalue weighted by atomic mass is 19.4. The molecule has 6 N–H and O–H groups in total. The fourth-order valence-corrected chi connectivity index (χ4v) is 5.58. The lowest BCUT2D eigenvalue weighted by Crippen LogP contribution is -2.46. The molecule has 244 valence electrons. The highest BCUT2D eigenvalue weighted by Gasteiger charge is 2.32. The van der Waals surface area contributed by atoms with Gasteiger partial charge in [-0.1, -0.05) is 19.6 Å². The predicted octanol–water partition coefficient (Wildman–Crippen LogP) is 4.35.